The van der Waals surface area contributed by atoms with Gasteiger partial charge >= 0.3 is 6.09 Å². The van der Waals surface area contributed by atoms with Crippen LogP contribution in [0.4, 0.5) is 10.5 Å². The highest BCUT2D eigenvalue weighted by molar-refractivity contribution is 5.90. The summed E-state index contributed by atoms with van der Waals surface area (Å²) in [6, 6.07) is 10.7. The lowest BCUT2D eigenvalue weighted by molar-refractivity contribution is 0.0475. The van der Waals surface area contributed by atoms with Gasteiger partial charge in [0.25, 0.3) is 0 Å². The Hall–Kier alpha value is -2.30. The number of carbonyl (C=O) groups is 1. The molecular formula is C18H23N3O2. The summed E-state index contributed by atoms with van der Waals surface area (Å²) in [6.07, 6.45) is 3.25. The zero-order valence-corrected chi connectivity index (χ0v) is 13.8. The highest BCUT2D eigenvalue weighted by Crippen LogP contribution is 2.28. The lowest BCUT2D eigenvalue weighted by Crippen LogP contribution is -2.50. The minimum absolute atomic E-state index is 0.172. The number of benzene rings is 1. The third-order valence-electron chi connectivity index (χ3n) is 3.85. The fraction of sp³-hybridized carbons (Fsp3) is 0.444. The van der Waals surface area contributed by atoms with Crippen LogP contribution in [0.5, 0.6) is 0 Å². The first-order valence-electron chi connectivity index (χ1n) is 8.00. The molecule has 1 saturated carbocycles. The van der Waals surface area contributed by atoms with Crippen molar-refractivity contribution >= 4 is 22.7 Å². The van der Waals surface area contributed by atoms with Crippen LogP contribution in [0.1, 0.15) is 33.6 Å². The summed E-state index contributed by atoms with van der Waals surface area (Å²) in [5, 5.41) is 7.55. The van der Waals surface area contributed by atoms with Crippen LogP contribution < -0.4 is 10.6 Å². The van der Waals surface area contributed by atoms with Crippen molar-refractivity contribution < 1.29 is 9.53 Å². The third-order valence-corrected chi connectivity index (χ3v) is 3.85. The van der Waals surface area contributed by atoms with Crippen LogP contribution in [-0.2, 0) is 4.74 Å². The summed E-state index contributed by atoms with van der Waals surface area (Å²) in [5.74, 6) is 0. The van der Waals surface area contributed by atoms with Crippen molar-refractivity contribution in [3.63, 3.8) is 0 Å². The van der Waals surface area contributed by atoms with Crippen molar-refractivity contribution in [2.45, 2.75) is 51.3 Å². The Morgan fingerprint density at radius 3 is 2.65 bits per heavy atom. The number of hydrogen-bond acceptors (Lipinski definition) is 4. The Bertz CT molecular complexity index is 697. The van der Waals surface area contributed by atoms with Gasteiger partial charge in [-0.25, -0.2) is 4.79 Å². The number of para-hydroxylation sites is 1. The van der Waals surface area contributed by atoms with Gasteiger partial charge in [0.15, 0.2) is 0 Å². The smallest absolute Gasteiger partial charge is 0.407 e. The number of anilines is 1. The van der Waals surface area contributed by atoms with Crippen LogP contribution >= 0.6 is 0 Å². The van der Waals surface area contributed by atoms with E-state index in [1.165, 1.54) is 0 Å². The molecule has 2 aromatic rings. The van der Waals surface area contributed by atoms with E-state index in [0.717, 1.165) is 29.4 Å². The van der Waals surface area contributed by atoms with Gasteiger partial charge in [0, 0.05) is 23.7 Å². The molecule has 0 bridgehead atoms. The standard InChI is InChI=1S/C18H23N3O2/c1-18(2,3)23-17(22)21-14-10-13(11-14)20-15-8-4-6-12-7-5-9-19-16(12)15/h4-9,13-14,20H,10-11H2,1-3H3,(H,21,22). The van der Waals surface area contributed by atoms with Gasteiger partial charge in [0.1, 0.15) is 5.60 Å². The first-order chi connectivity index (χ1) is 10.9. The van der Waals surface area contributed by atoms with E-state index < -0.39 is 5.60 Å². The fourth-order valence-electron chi connectivity index (χ4n) is 2.77. The average molecular weight is 313 g/mol. The molecule has 0 saturated heterocycles. The van der Waals surface area contributed by atoms with E-state index in [9.17, 15) is 4.79 Å². The first-order valence-corrected chi connectivity index (χ1v) is 8.00. The lowest BCUT2D eigenvalue weighted by Gasteiger charge is -2.37. The number of fused-ring (bicyclic) bond motifs is 1. The van der Waals surface area contributed by atoms with E-state index in [4.69, 9.17) is 4.74 Å². The molecule has 23 heavy (non-hydrogen) atoms. The number of aromatic nitrogens is 1. The molecular weight excluding hydrogens is 290 g/mol. The topological polar surface area (TPSA) is 63.2 Å². The van der Waals surface area contributed by atoms with Crippen LogP contribution in [0.3, 0.4) is 0 Å². The minimum Gasteiger partial charge on any atom is -0.444 e. The Morgan fingerprint density at radius 1 is 1.17 bits per heavy atom. The van der Waals surface area contributed by atoms with E-state index in [1.54, 1.807) is 6.20 Å². The summed E-state index contributed by atoms with van der Waals surface area (Å²) < 4.78 is 5.27. The van der Waals surface area contributed by atoms with E-state index in [-0.39, 0.29) is 12.1 Å². The van der Waals surface area contributed by atoms with Crippen LogP contribution in [0, 0.1) is 0 Å². The molecule has 1 aliphatic rings. The number of pyridine rings is 1. The molecule has 5 nitrogen and oxygen atoms in total. The second-order valence-electron chi connectivity index (χ2n) is 7.04. The molecule has 1 heterocycles. The third kappa shape index (κ3) is 3.92. The second kappa shape index (κ2) is 6.07. The highest BCUT2D eigenvalue weighted by atomic mass is 16.6. The molecule has 0 spiro atoms. The van der Waals surface area contributed by atoms with Crippen LogP contribution in [0.2, 0.25) is 0 Å². The number of amides is 1. The van der Waals surface area contributed by atoms with Gasteiger partial charge in [-0.05, 0) is 45.7 Å². The molecule has 1 aromatic heterocycles. The molecule has 0 radical (unpaired) electrons. The van der Waals surface area contributed by atoms with E-state index >= 15 is 0 Å². The van der Waals surface area contributed by atoms with Crippen molar-refractivity contribution in [3.05, 3.63) is 36.5 Å². The Labute approximate surface area is 136 Å². The Morgan fingerprint density at radius 2 is 1.91 bits per heavy atom. The maximum atomic E-state index is 11.7. The Balaban J connectivity index is 1.53. The SMILES string of the molecule is CC(C)(C)OC(=O)NC1CC(Nc2cccc3cccnc23)C1. The van der Waals surface area contributed by atoms with Gasteiger partial charge in [-0.2, -0.15) is 0 Å². The molecule has 0 unspecified atom stereocenters. The molecule has 0 atom stereocenters. The summed E-state index contributed by atoms with van der Waals surface area (Å²) in [7, 11) is 0. The number of hydrogen-bond donors (Lipinski definition) is 2. The van der Waals surface area contributed by atoms with E-state index in [1.807, 2.05) is 39.0 Å². The van der Waals surface area contributed by atoms with Crippen molar-refractivity contribution in [2.75, 3.05) is 5.32 Å². The lowest BCUT2D eigenvalue weighted by atomic mass is 9.86. The molecule has 3 rings (SSSR count). The fourth-order valence-corrected chi connectivity index (χ4v) is 2.77. The summed E-state index contributed by atoms with van der Waals surface area (Å²) in [4.78, 5) is 16.2. The molecule has 1 amide bonds. The number of alkyl carbamates (subject to hydrolysis) is 1. The summed E-state index contributed by atoms with van der Waals surface area (Å²) in [5.41, 5.74) is 1.57. The molecule has 1 aliphatic carbocycles. The maximum absolute atomic E-state index is 11.7. The average Bonchev–Trinajstić information content (AvgIpc) is 2.43. The number of nitrogens with zero attached hydrogens (tertiary/aromatic N) is 1. The molecule has 0 aliphatic heterocycles. The van der Waals surface area contributed by atoms with Crippen molar-refractivity contribution in [1.29, 1.82) is 0 Å². The maximum Gasteiger partial charge on any atom is 0.407 e. The van der Waals surface area contributed by atoms with Gasteiger partial charge in [0.05, 0.1) is 11.2 Å². The molecule has 1 fully saturated rings. The Kier molecular flexibility index (Phi) is 4.11. The monoisotopic (exact) mass is 313 g/mol. The van der Waals surface area contributed by atoms with Crippen LogP contribution in [0.25, 0.3) is 10.9 Å². The first kappa shape index (κ1) is 15.6. The quantitative estimate of drug-likeness (QED) is 0.907. The zero-order chi connectivity index (χ0) is 16.4. The van der Waals surface area contributed by atoms with Gasteiger partial charge in [-0.15, -0.1) is 0 Å². The molecule has 2 N–H and O–H groups in total. The second-order valence-corrected chi connectivity index (χ2v) is 7.04. The van der Waals surface area contributed by atoms with E-state index in [0.29, 0.717) is 6.04 Å². The predicted octanol–water partition coefficient (Wildman–Crippen LogP) is 3.70. The summed E-state index contributed by atoms with van der Waals surface area (Å²) >= 11 is 0. The van der Waals surface area contributed by atoms with Gasteiger partial charge in [-0.3, -0.25) is 4.98 Å². The molecule has 5 heteroatoms. The molecule has 1 aromatic carbocycles. The minimum atomic E-state index is -0.458. The number of carbonyl (C=O) groups excluding carboxylic acids is 1. The number of ether oxygens (including phenoxy) is 1. The van der Waals surface area contributed by atoms with Crippen molar-refractivity contribution in [2.24, 2.45) is 0 Å². The van der Waals surface area contributed by atoms with Gasteiger partial charge < -0.3 is 15.4 Å². The number of nitrogens with one attached hydrogen (secondary N) is 2. The van der Waals surface area contributed by atoms with E-state index in [2.05, 4.69) is 27.8 Å². The van der Waals surface area contributed by atoms with Gasteiger partial charge in [0.2, 0.25) is 0 Å². The normalized spacial score (nSPS) is 20.7. The van der Waals surface area contributed by atoms with Crippen LogP contribution in [-0.4, -0.2) is 28.8 Å². The van der Waals surface area contributed by atoms with Gasteiger partial charge in [-0.1, -0.05) is 18.2 Å². The molecule has 122 valence electrons. The largest absolute Gasteiger partial charge is 0.444 e. The van der Waals surface area contributed by atoms with Crippen LogP contribution in [0.15, 0.2) is 36.5 Å². The predicted molar refractivity (Wildman–Crippen MR) is 91.5 cm³/mol. The van der Waals surface area contributed by atoms with Crippen molar-refractivity contribution in [3.8, 4) is 0 Å². The summed E-state index contributed by atoms with van der Waals surface area (Å²) in [6.45, 7) is 5.60. The van der Waals surface area contributed by atoms with Crippen molar-refractivity contribution in [1.82, 2.24) is 10.3 Å². The zero-order valence-electron chi connectivity index (χ0n) is 13.8. The highest BCUT2D eigenvalue weighted by Gasteiger charge is 2.31. The number of rotatable bonds is 3.